The lowest BCUT2D eigenvalue weighted by molar-refractivity contribution is -0.672. The van der Waals surface area contributed by atoms with Crippen molar-refractivity contribution >= 4 is 21.6 Å². The van der Waals surface area contributed by atoms with Crippen LogP contribution in [0.1, 0.15) is 101 Å². The molecule has 230 valence electrons. The van der Waals surface area contributed by atoms with Crippen LogP contribution >= 0.6 is 11.6 Å². The third-order valence-electron chi connectivity index (χ3n) is 7.66. The number of pyridine rings is 1. The molecule has 0 saturated carbocycles. The number of halogens is 1. The minimum absolute atomic E-state index is 0.156. The number of hydrogen-bond donors (Lipinski definition) is 0. The number of para-hydroxylation sites is 1. The lowest BCUT2D eigenvalue weighted by Gasteiger charge is -2.24. The second-order valence-electron chi connectivity index (χ2n) is 11.4. The van der Waals surface area contributed by atoms with Gasteiger partial charge in [0.25, 0.3) is 0 Å². The standard InChI is InChI=1S/C35H50ClN2O3S/c1-4-5-6-7-8-9-10-11-12-13-14-15-26-41-35-32(19-16-20-34(35)36)29-38(28-31-18-17-25-37(3)27-31)42(39,40)33-23-21-30(2)22-24-33/h16-25,27H,4-15,26,28-29H2,1-3H3/q+1. The van der Waals surface area contributed by atoms with Gasteiger partial charge in [-0.05, 0) is 37.6 Å². The lowest BCUT2D eigenvalue weighted by Crippen LogP contribution is -2.33. The maximum atomic E-state index is 13.9. The van der Waals surface area contributed by atoms with E-state index in [0.29, 0.717) is 17.4 Å². The molecule has 42 heavy (non-hydrogen) atoms. The summed E-state index contributed by atoms with van der Waals surface area (Å²) in [6.07, 6.45) is 19.3. The van der Waals surface area contributed by atoms with Crippen LogP contribution in [0.5, 0.6) is 5.75 Å². The predicted molar refractivity (Wildman–Crippen MR) is 173 cm³/mol. The Kier molecular flexibility index (Phi) is 14.8. The van der Waals surface area contributed by atoms with Gasteiger partial charge in [0.2, 0.25) is 10.0 Å². The molecule has 0 bridgehead atoms. The van der Waals surface area contributed by atoms with Crippen LogP contribution in [0, 0.1) is 6.92 Å². The lowest BCUT2D eigenvalue weighted by atomic mass is 10.1. The number of aromatic nitrogens is 1. The maximum Gasteiger partial charge on any atom is 0.243 e. The van der Waals surface area contributed by atoms with Gasteiger partial charge in [0.15, 0.2) is 12.4 Å². The normalized spacial score (nSPS) is 11.7. The molecule has 0 saturated heterocycles. The van der Waals surface area contributed by atoms with E-state index in [9.17, 15) is 8.42 Å². The second-order valence-corrected chi connectivity index (χ2v) is 13.8. The maximum absolute atomic E-state index is 13.9. The Morgan fingerprint density at radius 1 is 0.786 bits per heavy atom. The molecule has 0 aliphatic rings. The molecule has 3 rings (SSSR count). The van der Waals surface area contributed by atoms with Crippen molar-refractivity contribution in [2.75, 3.05) is 6.61 Å². The second kappa shape index (κ2) is 18.3. The first-order valence-electron chi connectivity index (χ1n) is 15.7. The first-order chi connectivity index (χ1) is 20.3. The van der Waals surface area contributed by atoms with Crippen LogP contribution in [0.2, 0.25) is 5.02 Å². The molecule has 1 heterocycles. The summed E-state index contributed by atoms with van der Waals surface area (Å²) in [7, 11) is -1.85. The van der Waals surface area contributed by atoms with Crippen molar-refractivity contribution in [1.82, 2.24) is 4.31 Å². The monoisotopic (exact) mass is 613 g/mol. The van der Waals surface area contributed by atoms with Gasteiger partial charge in [-0.15, -0.1) is 0 Å². The summed E-state index contributed by atoms with van der Waals surface area (Å²) >= 11 is 6.60. The summed E-state index contributed by atoms with van der Waals surface area (Å²) in [5.41, 5.74) is 2.67. The number of rotatable bonds is 20. The average Bonchev–Trinajstić information content (AvgIpc) is 2.96. The Hall–Kier alpha value is -2.41. The minimum Gasteiger partial charge on any atom is -0.492 e. The highest BCUT2D eigenvalue weighted by Crippen LogP contribution is 2.32. The van der Waals surface area contributed by atoms with Gasteiger partial charge < -0.3 is 4.74 Å². The fourth-order valence-electron chi connectivity index (χ4n) is 5.18. The van der Waals surface area contributed by atoms with E-state index < -0.39 is 10.0 Å². The summed E-state index contributed by atoms with van der Waals surface area (Å²) in [5, 5.41) is 0.505. The molecule has 0 N–H and O–H groups in total. The van der Waals surface area contributed by atoms with Crippen LogP contribution in [-0.4, -0.2) is 19.3 Å². The molecule has 5 nitrogen and oxygen atoms in total. The molecule has 0 fully saturated rings. The van der Waals surface area contributed by atoms with E-state index in [1.54, 1.807) is 18.2 Å². The van der Waals surface area contributed by atoms with E-state index >= 15 is 0 Å². The van der Waals surface area contributed by atoms with E-state index in [4.69, 9.17) is 16.3 Å². The van der Waals surface area contributed by atoms with Gasteiger partial charge in [0, 0.05) is 30.3 Å². The van der Waals surface area contributed by atoms with Crippen LogP contribution in [0.25, 0.3) is 0 Å². The van der Waals surface area contributed by atoms with E-state index in [2.05, 4.69) is 6.92 Å². The number of hydrogen-bond acceptors (Lipinski definition) is 3. The number of aryl methyl sites for hydroxylation is 2. The van der Waals surface area contributed by atoms with Crippen LogP contribution in [0.4, 0.5) is 0 Å². The first-order valence-corrected chi connectivity index (χ1v) is 17.5. The van der Waals surface area contributed by atoms with Crippen molar-refractivity contribution in [2.24, 2.45) is 7.05 Å². The van der Waals surface area contributed by atoms with Crippen LogP contribution in [0.15, 0.2) is 71.9 Å². The fraction of sp³-hybridized carbons (Fsp3) is 0.514. The molecule has 1 aromatic heterocycles. The highest BCUT2D eigenvalue weighted by atomic mass is 35.5. The summed E-state index contributed by atoms with van der Waals surface area (Å²) in [6.45, 7) is 5.16. The molecule has 7 heteroatoms. The van der Waals surface area contributed by atoms with Gasteiger partial charge >= 0.3 is 0 Å². The van der Waals surface area contributed by atoms with Crippen molar-refractivity contribution in [3.8, 4) is 5.75 Å². The number of benzene rings is 2. The summed E-state index contributed by atoms with van der Waals surface area (Å²) in [4.78, 5) is 0.273. The molecule has 3 aromatic rings. The minimum atomic E-state index is -3.78. The zero-order chi connectivity index (χ0) is 30.2. The molecule has 0 atom stereocenters. The van der Waals surface area contributed by atoms with Crippen molar-refractivity contribution < 1.29 is 17.7 Å². The summed E-state index contributed by atoms with van der Waals surface area (Å²) in [6, 6.07) is 16.4. The van der Waals surface area contributed by atoms with Crippen LogP contribution < -0.4 is 9.30 Å². The predicted octanol–water partition coefficient (Wildman–Crippen LogP) is 8.94. The Morgan fingerprint density at radius 2 is 1.40 bits per heavy atom. The Morgan fingerprint density at radius 3 is 2.02 bits per heavy atom. The van der Waals surface area contributed by atoms with Crippen molar-refractivity contribution in [3.63, 3.8) is 0 Å². The Balaban J connectivity index is 1.59. The highest BCUT2D eigenvalue weighted by molar-refractivity contribution is 7.89. The Bertz CT molecular complexity index is 1310. The molecule has 0 amide bonds. The van der Waals surface area contributed by atoms with Gasteiger partial charge in [-0.1, -0.05) is 119 Å². The number of sulfonamides is 1. The van der Waals surface area contributed by atoms with Crippen molar-refractivity contribution in [2.45, 2.75) is 109 Å². The Labute approximate surface area is 259 Å². The van der Waals surface area contributed by atoms with Crippen molar-refractivity contribution in [1.29, 1.82) is 0 Å². The fourth-order valence-corrected chi connectivity index (χ4v) is 6.83. The smallest absolute Gasteiger partial charge is 0.243 e. The van der Waals surface area contributed by atoms with Gasteiger partial charge in [0.05, 0.1) is 16.5 Å². The third-order valence-corrected chi connectivity index (χ3v) is 9.76. The SMILES string of the molecule is CCCCCCCCCCCCCCOc1c(Cl)cccc1CN(Cc1ccc[n+](C)c1)S(=O)(=O)c1ccc(C)cc1. The van der Waals surface area contributed by atoms with E-state index in [-0.39, 0.29) is 18.0 Å². The summed E-state index contributed by atoms with van der Waals surface area (Å²) in [5.74, 6) is 0.574. The zero-order valence-electron chi connectivity index (χ0n) is 25.9. The van der Waals surface area contributed by atoms with Gasteiger partial charge in [-0.3, -0.25) is 0 Å². The van der Waals surface area contributed by atoms with E-state index in [1.807, 2.05) is 67.3 Å². The molecule has 2 aromatic carbocycles. The topological polar surface area (TPSA) is 50.5 Å². The largest absolute Gasteiger partial charge is 0.492 e. The quantitative estimate of drug-likeness (QED) is 0.0944. The molecule has 0 aliphatic heterocycles. The molecule has 0 aliphatic carbocycles. The molecule has 0 unspecified atom stereocenters. The van der Waals surface area contributed by atoms with Crippen molar-refractivity contribution in [3.05, 3.63) is 88.7 Å². The molecular weight excluding hydrogens is 564 g/mol. The third kappa shape index (κ3) is 11.3. The van der Waals surface area contributed by atoms with E-state index in [1.165, 1.54) is 68.5 Å². The van der Waals surface area contributed by atoms with Gasteiger partial charge in [-0.2, -0.15) is 4.31 Å². The van der Waals surface area contributed by atoms with E-state index in [0.717, 1.165) is 29.5 Å². The average molecular weight is 614 g/mol. The zero-order valence-corrected chi connectivity index (χ0v) is 27.4. The number of nitrogens with zero attached hydrogens (tertiary/aromatic N) is 2. The van der Waals surface area contributed by atoms with Crippen LogP contribution in [-0.2, 0) is 30.2 Å². The van der Waals surface area contributed by atoms with Crippen LogP contribution in [0.3, 0.4) is 0 Å². The highest BCUT2D eigenvalue weighted by Gasteiger charge is 2.27. The number of ether oxygens (including phenoxy) is 1. The van der Waals surface area contributed by atoms with Gasteiger partial charge in [-0.25, -0.2) is 13.0 Å². The summed E-state index contributed by atoms with van der Waals surface area (Å²) < 4.78 is 37.4. The number of unbranched alkanes of at least 4 members (excludes halogenated alkanes) is 11. The van der Waals surface area contributed by atoms with Gasteiger partial charge in [0.1, 0.15) is 12.8 Å². The molecular formula is C35H50ClN2O3S+. The molecule has 0 spiro atoms. The molecule has 0 radical (unpaired) electrons. The first kappa shape index (κ1) is 34.1.